The number of rotatable bonds is 5. The molecule has 2 aromatic carbocycles. The van der Waals surface area contributed by atoms with Gasteiger partial charge in [-0.2, -0.15) is 0 Å². The highest BCUT2D eigenvalue weighted by Gasteiger charge is 2.15. The van der Waals surface area contributed by atoms with E-state index in [4.69, 9.17) is 5.73 Å². The standard InChI is InChI=1S/C23H21F2NS/c1-2-3-4-5-19-12-13-22(27-19)23-20(24)14-17(15-21(23)25)7-6-16-8-10-18(26)11-9-16/h8-15H,2-5,26H2,1H3. The number of unbranched alkanes of at least 4 members (excludes halogenated alkanes) is 2. The number of halogens is 2. The molecule has 3 aromatic rings. The molecule has 1 aromatic heterocycles. The first-order valence-corrected chi connectivity index (χ1v) is 9.84. The van der Waals surface area contributed by atoms with E-state index in [0.29, 0.717) is 16.1 Å². The van der Waals surface area contributed by atoms with Crippen LogP contribution in [0.25, 0.3) is 10.4 Å². The van der Waals surface area contributed by atoms with E-state index in [1.165, 1.54) is 23.5 Å². The number of benzene rings is 2. The summed E-state index contributed by atoms with van der Waals surface area (Å²) in [6.07, 6.45) is 4.37. The van der Waals surface area contributed by atoms with E-state index in [2.05, 4.69) is 18.8 Å². The number of anilines is 1. The van der Waals surface area contributed by atoms with Crippen LogP contribution in [0.4, 0.5) is 14.5 Å². The molecule has 3 rings (SSSR count). The van der Waals surface area contributed by atoms with Crippen molar-refractivity contribution in [2.75, 3.05) is 5.73 Å². The molecule has 0 spiro atoms. The van der Waals surface area contributed by atoms with Crippen LogP contribution in [-0.4, -0.2) is 0 Å². The summed E-state index contributed by atoms with van der Waals surface area (Å²) in [6.45, 7) is 2.16. The van der Waals surface area contributed by atoms with Crippen molar-refractivity contribution >= 4 is 17.0 Å². The van der Waals surface area contributed by atoms with Crippen molar-refractivity contribution in [1.29, 1.82) is 0 Å². The average Bonchev–Trinajstić information content (AvgIpc) is 3.09. The second-order valence-corrected chi connectivity index (χ2v) is 7.58. The summed E-state index contributed by atoms with van der Waals surface area (Å²) in [6, 6.07) is 13.4. The lowest BCUT2D eigenvalue weighted by molar-refractivity contribution is 0.589. The molecular weight excluding hydrogens is 360 g/mol. The summed E-state index contributed by atoms with van der Waals surface area (Å²) in [7, 11) is 0. The van der Waals surface area contributed by atoms with Gasteiger partial charge in [-0.25, -0.2) is 8.78 Å². The molecule has 2 N–H and O–H groups in total. The predicted molar refractivity (Wildman–Crippen MR) is 110 cm³/mol. The van der Waals surface area contributed by atoms with Crippen molar-refractivity contribution in [1.82, 2.24) is 0 Å². The van der Waals surface area contributed by atoms with Crippen molar-refractivity contribution < 1.29 is 8.78 Å². The minimum absolute atomic E-state index is 0.0276. The zero-order valence-electron chi connectivity index (χ0n) is 15.2. The number of hydrogen-bond donors (Lipinski definition) is 1. The molecular formula is C23H21F2NS. The third kappa shape index (κ3) is 4.96. The lowest BCUT2D eigenvalue weighted by Crippen LogP contribution is -1.91. The Kier molecular flexibility index (Phi) is 6.26. The number of hydrogen-bond acceptors (Lipinski definition) is 2. The van der Waals surface area contributed by atoms with Gasteiger partial charge in [0.15, 0.2) is 0 Å². The van der Waals surface area contributed by atoms with Gasteiger partial charge in [-0.15, -0.1) is 11.3 Å². The Labute approximate surface area is 162 Å². The lowest BCUT2D eigenvalue weighted by Gasteiger charge is -2.03. The molecule has 0 aliphatic heterocycles. The highest BCUT2D eigenvalue weighted by molar-refractivity contribution is 7.15. The maximum Gasteiger partial charge on any atom is 0.136 e. The molecule has 0 saturated heterocycles. The maximum absolute atomic E-state index is 14.6. The van der Waals surface area contributed by atoms with Crippen LogP contribution in [0.1, 0.15) is 42.2 Å². The third-order valence-electron chi connectivity index (χ3n) is 4.24. The first-order valence-electron chi connectivity index (χ1n) is 9.02. The first kappa shape index (κ1) is 19.1. The Morgan fingerprint density at radius 2 is 1.56 bits per heavy atom. The van der Waals surface area contributed by atoms with E-state index in [1.807, 2.05) is 6.07 Å². The van der Waals surface area contributed by atoms with Gasteiger partial charge >= 0.3 is 0 Å². The fourth-order valence-corrected chi connectivity index (χ4v) is 3.89. The molecule has 4 heteroatoms. The first-order chi connectivity index (χ1) is 13.1. The van der Waals surface area contributed by atoms with E-state index >= 15 is 0 Å². The molecule has 0 aliphatic carbocycles. The van der Waals surface area contributed by atoms with Crippen molar-refractivity contribution in [2.24, 2.45) is 0 Å². The molecule has 0 unspecified atom stereocenters. The Morgan fingerprint density at radius 1 is 0.889 bits per heavy atom. The van der Waals surface area contributed by atoms with Gasteiger partial charge in [0, 0.05) is 26.6 Å². The Morgan fingerprint density at radius 3 is 2.22 bits per heavy atom. The quantitative estimate of drug-likeness (QED) is 0.308. The SMILES string of the molecule is CCCCCc1ccc(-c2c(F)cc(C#Cc3ccc(N)cc3)cc2F)s1. The second kappa shape index (κ2) is 8.83. The summed E-state index contributed by atoms with van der Waals surface area (Å²) >= 11 is 1.45. The number of nitrogens with two attached hydrogens (primary N) is 1. The Bertz CT molecular complexity index is 955. The largest absolute Gasteiger partial charge is 0.399 e. The number of nitrogen functional groups attached to an aromatic ring is 1. The molecule has 0 amide bonds. The summed E-state index contributed by atoms with van der Waals surface area (Å²) < 4.78 is 29.1. The molecule has 0 radical (unpaired) electrons. The van der Waals surface area contributed by atoms with Gasteiger partial charge in [0.1, 0.15) is 11.6 Å². The fraction of sp³-hybridized carbons (Fsp3) is 0.217. The summed E-state index contributed by atoms with van der Waals surface area (Å²) in [4.78, 5) is 1.78. The van der Waals surface area contributed by atoms with E-state index in [-0.39, 0.29) is 5.56 Å². The van der Waals surface area contributed by atoms with Crippen LogP contribution in [0.15, 0.2) is 48.5 Å². The van der Waals surface area contributed by atoms with E-state index < -0.39 is 11.6 Å². The zero-order chi connectivity index (χ0) is 19.2. The minimum Gasteiger partial charge on any atom is -0.399 e. The van der Waals surface area contributed by atoms with Gasteiger partial charge in [0.2, 0.25) is 0 Å². The molecule has 0 saturated carbocycles. The van der Waals surface area contributed by atoms with Gasteiger partial charge in [-0.05, 0) is 61.4 Å². The number of thiophene rings is 1. The molecule has 0 atom stereocenters. The van der Waals surface area contributed by atoms with Crippen molar-refractivity contribution in [3.63, 3.8) is 0 Å². The van der Waals surface area contributed by atoms with E-state index in [0.717, 1.165) is 36.1 Å². The molecule has 0 bridgehead atoms. The molecule has 0 fully saturated rings. The smallest absolute Gasteiger partial charge is 0.136 e. The van der Waals surface area contributed by atoms with Crippen molar-refractivity contribution in [3.8, 4) is 22.3 Å². The predicted octanol–water partition coefficient (Wildman–Crippen LogP) is 6.41. The Hall–Kier alpha value is -2.64. The summed E-state index contributed by atoms with van der Waals surface area (Å²) in [5, 5.41) is 0. The average molecular weight is 381 g/mol. The maximum atomic E-state index is 14.6. The normalized spacial score (nSPS) is 10.5. The van der Waals surface area contributed by atoms with Gasteiger partial charge in [0.25, 0.3) is 0 Å². The molecule has 27 heavy (non-hydrogen) atoms. The van der Waals surface area contributed by atoms with Crippen LogP contribution >= 0.6 is 11.3 Å². The molecule has 1 nitrogen and oxygen atoms in total. The highest BCUT2D eigenvalue weighted by atomic mass is 32.1. The van der Waals surface area contributed by atoms with Crippen molar-refractivity contribution in [3.05, 3.63) is 76.2 Å². The molecule has 138 valence electrons. The van der Waals surface area contributed by atoms with E-state index in [1.54, 1.807) is 30.3 Å². The van der Waals surface area contributed by atoms with Crippen LogP contribution < -0.4 is 5.73 Å². The fourth-order valence-electron chi connectivity index (χ4n) is 2.79. The Balaban J connectivity index is 1.82. The van der Waals surface area contributed by atoms with Crippen LogP contribution in [0.3, 0.4) is 0 Å². The monoisotopic (exact) mass is 381 g/mol. The summed E-state index contributed by atoms with van der Waals surface area (Å²) in [5.74, 6) is 4.54. The van der Waals surface area contributed by atoms with Crippen molar-refractivity contribution in [2.45, 2.75) is 32.6 Å². The van der Waals surface area contributed by atoms with Crippen LogP contribution in [0, 0.1) is 23.5 Å². The van der Waals surface area contributed by atoms with Gasteiger partial charge in [-0.1, -0.05) is 31.6 Å². The van der Waals surface area contributed by atoms with Gasteiger partial charge in [-0.3, -0.25) is 0 Å². The van der Waals surface area contributed by atoms with Gasteiger partial charge < -0.3 is 5.73 Å². The zero-order valence-corrected chi connectivity index (χ0v) is 16.0. The minimum atomic E-state index is -0.585. The van der Waals surface area contributed by atoms with Crippen LogP contribution in [-0.2, 0) is 6.42 Å². The third-order valence-corrected chi connectivity index (χ3v) is 5.40. The number of aryl methyl sites for hydroxylation is 1. The lowest BCUT2D eigenvalue weighted by atomic mass is 10.1. The molecule has 0 aliphatic rings. The summed E-state index contributed by atoms with van der Waals surface area (Å²) in [5.41, 5.74) is 7.36. The topological polar surface area (TPSA) is 26.0 Å². The molecule has 1 heterocycles. The highest BCUT2D eigenvalue weighted by Crippen LogP contribution is 2.33. The van der Waals surface area contributed by atoms with Crippen LogP contribution in [0.2, 0.25) is 0 Å². The van der Waals surface area contributed by atoms with Gasteiger partial charge in [0.05, 0.1) is 5.56 Å². The second-order valence-electron chi connectivity index (χ2n) is 6.41. The van der Waals surface area contributed by atoms with E-state index in [9.17, 15) is 8.78 Å². The van der Waals surface area contributed by atoms with Crippen LogP contribution in [0.5, 0.6) is 0 Å².